The molecule has 0 aliphatic rings. The van der Waals surface area contributed by atoms with E-state index < -0.39 is 5.97 Å². The molecule has 0 unspecified atom stereocenters. The van der Waals surface area contributed by atoms with Crippen LogP contribution in [0, 0.1) is 0 Å². The summed E-state index contributed by atoms with van der Waals surface area (Å²) in [7, 11) is 4.42. The maximum atomic E-state index is 11.5. The number of furan rings is 1. The van der Waals surface area contributed by atoms with Crippen LogP contribution >= 0.6 is 0 Å². The quantitative estimate of drug-likeness (QED) is 0.443. The topological polar surface area (TPSA) is 79.5 Å². The van der Waals surface area contributed by atoms with Crippen LogP contribution in [0.25, 0.3) is 0 Å². The van der Waals surface area contributed by atoms with Crippen molar-refractivity contribution in [3.8, 4) is 11.5 Å². The van der Waals surface area contributed by atoms with Crippen LogP contribution in [0.3, 0.4) is 0 Å². The van der Waals surface area contributed by atoms with Gasteiger partial charge in [-0.3, -0.25) is 0 Å². The highest BCUT2D eigenvalue weighted by Gasteiger charge is 2.15. The van der Waals surface area contributed by atoms with Gasteiger partial charge >= 0.3 is 5.97 Å². The van der Waals surface area contributed by atoms with E-state index in [0.29, 0.717) is 22.8 Å². The SMILES string of the molecule is COC(=O)c1ccoc1CO/N=C/c1ccc(OC)c(OC)c1. The molecule has 0 N–H and O–H groups in total. The van der Waals surface area contributed by atoms with E-state index in [1.165, 1.54) is 25.7 Å². The van der Waals surface area contributed by atoms with Crippen LogP contribution in [0.1, 0.15) is 21.7 Å². The van der Waals surface area contributed by atoms with Crippen LogP contribution in [-0.2, 0) is 16.2 Å². The molecule has 1 aromatic heterocycles. The Bertz CT molecular complexity index is 692. The van der Waals surface area contributed by atoms with E-state index in [4.69, 9.17) is 18.7 Å². The third-order valence-electron chi connectivity index (χ3n) is 3.03. The summed E-state index contributed by atoms with van der Waals surface area (Å²) in [5.74, 6) is 1.09. The Hall–Kier alpha value is -2.96. The Kier molecular flexibility index (Phi) is 5.62. The monoisotopic (exact) mass is 319 g/mol. The van der Waals surface area contributed by atoms with Crippen molar-refractivity contribution in [2.75, 3.05) is 21.3 Å². The zero-order valence-corrected chi connectivity index (χ0v) is 13.1. The van der Waals surface area contributed by atoms with Crippen molar-refractivity contribution in [1.29, 1.82) is 0 Å². The van der Waals surface area contributed by atoms with Gasteiger partial charge in [-0.05, 0) is 24.3 Å². The maximum Gasteiger partial charge on any atom is 0.341 e. The molecule has 0 atom stereocenters. The number of hydrogen-bond acceptors (Lipinski definition) is 7. The average molecular weight is 319 g/mol. The summed E-state index contributed by atoms with van der Waals surface area (Å²) in [5, 5.41) is 3.84. The number of rotatable bonds is 7. The molecule has 1 heterocycles. The van der Waals surface area contributed by atoms with Gasteiger partial charge in [-0.25, -0.2) is 4.79 Å². The van der Waals surface area contributed by atoms with Crippen molar-refractivity contribution in [2.24, 2.45) is 5.16 Å². The van der Waals surface area contributed by atoms with Gasteiger partial charge < -0.3 is 23.5 Å². The molecule has 0 bridgehead atoms. The molecule has 1 aromatic carbocycles. The first-order valence-corrected chi connectivity index (χ1v) is 6.71. The summed E-state index contributed by atoms with van der Waals surface area (Å²) in [6, 6.07) is 6.85. The predicted octanol–water partition coefficient (Wildman–Crippen LogP) is 2.63. The largest absolute Gasteiger partial charge is 0.493 e. The van der Waals surface area contributed by atoms with E-state index in [1.807, 2.05) is 0 Å². The molecule has 2 rings (SSSR count). The zero-order chi connectivity index (χ0) is 16.7. The number of oxime groups is 1. The third-order valence-corrected chi connectivity index (χ3v) is 3.03. The first-order valence-electron chi connectivity index (χ1n) is 6.71. The summed E-state index contributed by atoms with van der Waals surface area (Å²) in [6.45, 7) is 0.0151. The number of nitrogens with zero attached hydrogens (tertiary/aromatic N) is 1. The Morgan fingerprint density at radius 2 is 1.96 bits per heavy atom. The fraction of sp³-hybridized carbons (Fsp3) is 0.250. The Labute approximate surface area is 133 Å². The summed E-state index contributed by atoms with van der Waals surface area (Å²) >= 11 is 0. The molecule has 0 radical (unpaired) electrons. The van der Waals surface area contributed by atoms with Gasteiger partial charge in [-0.2, -0.15) is 0 Å². The molecule has 0 fully saturated rings. The van der Waals surface area contributed by atoms with Gasteiger partial charge in [0.1, 0.15) is 5.56 Å². The third kappa shape index (κ3) is 4.03. The van der Waals surface area contributed by atoms with E-state index >= 15 is 0 Å². The van der Waals surface area contributed by atoms with Crippen molar-refractivity contribution in [2.45, 2.75) is 6.61 Å². The van der Waals surface area contributed by atoms with Gasteiger partial charge in [0.15, 0.2) is 23.9 Å². The molecule has 122 valence electrons. The molecule has 7 nitrogen and oxygen atoms in total. The second-order valence-electron chi connectivity index (χ2n) is 4.37. The molecule has 2 aromatic rings. The molecule has 0 aliphatic heterocycles. The van der Waals surface area contributed by atoms with Gasteiger partial charge in [-0.1, -0.05) is 5.16 Å². The zero-order valence-electron chi connectivity index (χ0n) is 13.1. The van der Waals surface area contributed by atoms with Gasteiger partial charge in [0.25, 0.3) is 0 Å². The lowest BCUT2D eigenvalue weighted by molar-refractivity contribution is 0.0587. The second-order valence-corrected chi connectivity index (χ2v) is 4.37. The van der Waals surface area contributed by atoms with Gasteiger partial charge in [0.2, 0.25) is 0 Å². The minimum Gasteiger partial charge on any atom is -0.493 e. The van der Waals surface area contributed by atoms with Gasteiger partial charge in [-0.15, -0.1) is 0 Å². The van der Waals surface area contributed by atoms with E-state index in [2.05, 4.69) is 9.89 Å². The summed E-state index contributed by atoms with van der Waals surface area (Å²) in [6.07, 6.45) is 2.91. The Morgan fingerprint density at radius 1 is 1.17 bits per heavy atom. The fourth-order valence-electron chi connectivity index (χ4n) is 1.87. The van der Waals surface area contributed by atoms with Gasteiger partial charge in [0.05, 0.1) is 33.8 Å². The van der Waals surface area contributed by atoms with Crippen molar-refractivity contribution >= 4 is 12.2 Å². The molecule has 0 spiro atoms. The summed E-state index contributed by atoms with van der Waals surface area (Å²) in [5.41, 5.74) is 1.09. The number of benzene rings is 1. The van der Waals surface area contributed by atoms with Crippen molar-refractivity contribution < 1.29 is 28.3 Å². The first kappa shape index (κ1) is 16.4. The lowest BCUT2D eigenvalue weighted by Gasteiger charge is -2.07. The first-order chi connectivity index (χ1) is 11.2. The van der Waals surface area contributed by atoms with E-state index in [-0.39, 0.29) is 6.61 Å². The van der Waals surface area contributed by atoms with Crippen LogP contribution < -0.4 is 9.47 Å². The van der Waals surface area contributed by atoms with Crippen molar-refractivity contribution in [3.05, 3.63) is 47.4 Å². The van der Waals surface area contributed by atoms with Crippen LogP contribution in [0.5, 0.6) is 11.5 Å². The Balaban J connectivity index is 1.98. The summed E-state index contributed by atoms with van der Waals surface area (Å²) < 4.78 is 20.2. The van der Waals surface area contributed by atoms with Gasteiger partial charge in [0, 0.05) is 5.56 Å². The second kappa shape index (κ2) is 7.88. The molecule has 0 aliphatic carbocycles. The molecule has 0 saturated carbocycles. The highest BCUT2D eigenvalue weighted by Crippen LogP contribution is 2.26. The molecule has 0 amide bonds. The average Bonchev–Trinajstić information content (AvgIpc) is 3.06. The highest BCUT2D eigenvalue weighted by atomic mass is 16.6. The highest BCUT2D eigenvalue weighted by molar-refractivity contribution is 5.90. The number of esters is 1. The normalized spacial score (nSPS) is 10.6. The van der Waals surface area contributed by atoms with E-state index in [1.54, 1.807) is 32.4 Å². The minimum atomic E-state index is -0.485. The maximum absolute atomic E-state index is 11.5. The lowest BCUT2D eigenvalue weighted by Crippen LogP contribution is -2.03. The molecular formula is C16H17NO6. The van der Waals surface area contributed by atoms with Crippen LogP contribution in [-0.4, -0.2) is 33.5 Å². The molecule has 0 saturated heterocycles. The van der Waals surface area contributed by atoms with Crippen molar-refractivity contribution in [1.82, 2.24) is 0 Å². The number of hydrogen-bond donors (Lipinski definition) is 0. The van der Waals surface area contributed by atoms with Crippen molar-refractivity contribution in [3.63, 3.8) is 0 Å². The number of methoxy groups -OCH3 is 3. The Morgan fingerprint density at radius 3 is 2.65 bits per heavy atom. The van der Waals surface area contributed by atoms with Crippen LogP contribution in [0.15, 0.2) is 40.1 Å². The van der Waals surface area contributed by atoms with Crippen LogP contribution in [0.4, 0.5) is 0 Å². The fourth-order valence-corrected chi connectivity index (χ4v) is 1.87. The molecule has 7 heteroatoms. The lowest BCUT2D eigenvalue weighted by atomic mass is 10.2. The van der Waals surface area contributed by atoms with E-state index in [9.17, 15) is 4.79 Å². The number of carbonyl (C=O) groups excluding carboxylic acids is 1. The minimum absolute atomic E-state index is 0.0151. The van der Waals surface area contributed by atoms with E-state index in [0.717, 1.165) is 5.56 Å². The molecular weight excluding hydrogens is 302 g/mol. The standard InChI is InChI=1S/C16H17NO6/c1-19-13-5-4-11(8-14(13)20-2)9-17-23-10-15-12(6-7-22-15)16(18)21-3/h4-9H,10H2,1-3H3/b17-9+. The number of carbonyl (C=O) groups is 1. The summed E-state index contributed by atoms with van der Waals surface area (Å²) in [4.78, 5) is 16.6. The van der Waals surface area contributed by atoms with Crippen LogP contribution in [0.2, 0.25) is 0 Å². The molecule has 23 heavy (non-hydrogen) atoms. The smallest absolute Gasteiger partial charge is 0.341 e. The number of ether oxygens (including phenoxy) is 3. The predicted molar refractivity (Wildman–Crippen MR) is 82.0 cm³/mol.